The molecule has 0 radical (unpaired) electrons. The minimum Gasteiger partial charge on any atom is -0.337 e. The van der Waals surface area contributed by atoms with E-state index in [0.29, 0.717) is 6.54 Å². The molecule has 1 amide bonds. The topological polar surface area (TPSA) is 46.3 Å². The molecular weight excluding hydrogens is 236 g/mol. The molecule has 1 aromatic rings. The zero-order valence-electron chi connectivity index (χ0n) is 10.4. The van der Waals surface area contributed by atoms with E-state index in [2.05, 4.69) is 6.92 Å². The minimum absolute atomic E-state index is 0. The largest absolute Gasteiger partial charge is 0.337 e. The molecule has 0 aliphatic rings. The number of nitrogens with two attached hydrogens (primary N) is 1. The third kappa shape index (κ3) is 5.20. The van der Waals surface area contributed by atoms with Crippen LogP contribution < -0.4 is 5.73 Å². The lowest BCUT2D eigenvalue weighted by Crippen LogP contribution is -2.42. The van der Waals surface area contributed by atoms with Crippen molar-refractivity contribution in [2.24, 2.45) is 5.73 Å². The van der Waals surface area contributed by atoms with Crippen molar-refractivity contribution in [3.05, 3.63) is 35.9 Å². The first kappa shape index (κ1) is 15.9. The van der Waals surface area contributed by atoms with Crippen LogP contribution in [0.2, 0.25) is 0 Å². The second kappa shape index (κ2) is 8.09. The Labute approximate surface area is 109 Å². The number of carbonyl (C=O) groups is 1. The predicted octanol–water partition coefficient (Wildman–Crippen LogP) is 2.19. The normalized spacial score (nSPS) is 11.5. The van der Waals surface area contributed by atoms with Crippen LogP contribution in [-0.4, -0.2) is 23.4 Å². The lowest BCUT2D eigenvalue weighted by Gasteiger charge is -2.24. The summed E-state index contributed by atoms with van der Waals surface area (Å²) >= 11 is 0. The first-order chi connectivity index (χ1) is 7.65. The molecule has 0 aromatic heterocycles. The molecule has 0 spiro atoms. The van der Waals surface area contributed by atoms with Gasteiger partial charge in [0, 0.05) is 13.1 Å². The molecule has 17 heavy (non-hydrogen) atoms. The van der Waals surface area contributed by atoms with Crippen LogP contribution in [0.15, 0.2) is 30.3 Å². The standard InChI is InChI=1S/C13H20N2O.ClH/c1-3-9-15(13(16)11(2)14)10-12-7-5-4-6-8-12;/h4-8,11H,3,9-10,14H2,1-2H3;1H/t11-;/m0./s1. The third-order valence-corrected chi connectivity index (χ3v) is 2.41. The summed E-state index contributed by atoms with van der Waals surface area (Å²) in [6.07, 6.45) is 0.950. The van der Waals surface area contributed by atoms with Gasteiger partial charge in [-0.05, 0) is 18.9 Å². The van der Waals surface area contributed by atoms with Crippen molar-refractivity contribution in [2.75, 3.05) is 6.54 Å². The molecule has 1 atom stereocenters. The zero-order chi connectivity index (χ0) is 12.0. The minimum atomic E-state index is -0.421. The van der Waals surface area contributed by atoms with E-state index in [1.54, 1.807) is 6.92 Å². The van der Waals surface area contributed by atoms with E-state index in [0.717, 1.165) is 18.5 Å². The average molecular weight is 257 g/mol. The Hall–Kier alpha value is -1.06. The molecule has 0 heterocycles. The molecule has 0 saturated heterocycles. The van der Waals surface area contributed by atoms with Gasteiger partial charge in [0.05, 0.1) is 6.04 Å². The van der Waals surface area contributed by atoms with Gasteiger partial charge < -0.3 is 10.6 Å². The van der Waals surface area contributed by atoms with Crippen molar-refractivity contribution in [3.63, 3.8) is 0 Å². The molecule has 0 bridgehead atoms. The van der Waals surface area contributed by atoms with Crippen LogP contribution in [0, 0.1) is 0 Å². The quantitative estimate of drug-likeness (QED) is 0.878. The fourth-order valence-electron chi connectivity index (χ4n) is 1.63. The molecule has 1 rings (SSSR count). The predicted molar refractivity (Wildman–Crippen MR) is 73.0 cm³/mol. The van der Waals surface area contributed by atoms with Crippen LogP contribution in [0.4, 0.5) is 0 Å². The van der Waals surface area contributed by atoms with Crippen LogP contribution in [0.1, 0.15) is 25.8 Å². The highest BCUT2D eigenvalue weighted by Gasteiger charge is 2.16. The maximum absolute atomic E-state index is 11.8. The van der Waals surface area contributed by atoms with E-state index in [1.165, 1.54) is 0 Å². The highest BCUT2D eigenvalue weighted by molar-refractivity contribution is 5.85. The highest BCUT2D eigenvalue weighted by Crippen LogP contribution is 2.06. The van der Waals surface area contributed by atoms with Crippen molar-refractivity contribution < 1.29 is 4.79 Å². The fraction of sp³-hybridized carbons (Fsp3) is 0.462. The second-order valence-electron chi connectivity index (χ2n) is 4.03. The average Bonchev–Trinajstić information content (AvgIpc) is 2.29. The fourth-order valence-corrected chi connectivity index (χ4v) is 1.63. The molecule has 0 saturated carbocycles. The van der Waals surface area contributed by atoms with Gasteiger partial charge >= 0.3 is 0 Å². The number of amides is 1. The summed E-state index contributed by atoms with van der Waals surface area (Å²) in [5.41, 5.74) is 6.77. The summed E-state index contributed by atoms with van der Waals surface area (Å²) in [6, 6.07) is 9.57. The molecule has 4 heteroatoms. The summed E-state index contributed by atoms with van der Waals surface area (Å²) in [6.45, 7) is 5.20. The number of nitrogens with zero attached hydrogens (tertiary/aromatic N) is 1. The Bertz CT molecular complexity index is 327. The zero-order valence-corrected chi connectivity index (χ0v) is 11.2. The Morgan fingerprint density at radius 2 is 1.94 bits per heavy atom. The van der Waals surface area contributed by atoms with Gasteiger partial charge in [0.25, 0.3) is 0 Å². The van der Waals surface area contributed by atoms with Gasteiger partial charge in [-0.15, -0.1) is 12.4 Å². The van der Waals surface area contributed by atoms with Crippen LogP contribution in [0.5, 0.6) is 0 Å². The lowest BCUT2D eigenvalue weighted by molar-refractivity contribution is -0.132. The molecule has 96 valence electrons. The van der Waals surface area contributed by atoms with Crippen molar-refractivity contribution in [1.29, 1.82) is 0 Å². The van der Waals surface area contributed by atoms with Gasteiger partial charge in [0.1, 0.15) is 0 Å². The summed E-state index contributed by atoms with van der Waals surface area (Å²) in [5, 5.41) is 0. The van der Waals surface area contributed by atoms with E-state index < -0.39 is 6.04 Å². The monoisotopic (exact) mass is 256 g/mol. The van der Waals surface area contributed by atoms with Crippen LogP contribution >= 0.6 is 12.4 Å². The van der Waals surface area contributed by atoms with Gasteiger partial charge in [-0.2, -0.15) is 0 Å². The summed E-state index contributed by atoms with van der Waals surface area (Å²) in [7, 11) is 0. The smallest absolute Gasteiger partial charge is 0.239 e. The Morgan fingerprint density at radius 3 is 2.41 bits per heavy atom. The van der Waals surface area contributed by atoms with Crippen LogP contribution in [0.3, 0.4) is 0 Å². The molecule has 3 nitrogen and oxygen atoms in total. The van der Waals surface area contributed by atoms with Crippen molar-refractivity contribution in [3.8, 4) is 0 Å². The SMILES string of the molecule is CCCN(Cc1ccccc1)C(=O)[C@H](C)N.Cl. The van der Waals surface area contributed by atoms with Gasteiger partial charge in [-0.25, -0.2) is 0 Å². The summed E-state index contributed by atoms with van der Waals surface area (Å²) in [4.78, 5) is 13.7. The number of hydrogen-bond acceptors (Lipinski definition) is 2. The molecule has 1 aromatic carbocycles. The Balaban J connectivity index is 0.00000256. The molecule has 0 unspecified atom stereocenters. The Morgan fingerprint density at radius 1 is 1.35 bits per heavy atom. The lowest BCUT2D eigenvalue weighted by atomic mass is 10.2. The number of benzene rings is 1. The van der Waals surface area contributed by atoms with Crippen molar-refractivity contribution in [2.45, 2.75) is 32.9 Å². The summed E-state index contributed by atoms with van der Waals surface area (Å²) < 4.78 is 0. The van der Waals surface area contributed by atoms with Crippen LogP contribution in [0.25, 0.3) is 0 Å². The molecule has 2 N–H and O–H groups in total. The summed E-state index contributed by atoms with van der Waals surface area (Å²) in [5.74, 6) is 0.0192. The van der Waals surface area contributed by atoms with Gasteiger partial charge in [0.15, 0.2) is 0 Å². The molecule has 0 aliphatic carbocycles. The van der Waals surface area contributed by atoms with Crippen LogP contribution in [-0.2, 0) is 11.3 Å². The Kier molecular flexibility index (Phi) is 7.59. The number of rotatable bonds is 5. The van der Waals surface area contributed by atoms with E-state index in [4.69, 9.17) is 5.73 Å². The van der Waals surface area contributed by atoms with E-state index in [9.17, 15) is 4.79 Å². The number of carbonyl (C=O) groups excluding carboxylic acids is 1. The van der Waals surface area contributed by atoms with E-state index in [1.807, 2.05) is 35.2 Å². The molecule has 0 aliphatic heterocycles. The first-order valence-corrected chi connectivity index (χ1v) is 5.73. The maximum Gasteiger partial charge on any atom is 0.239 e. The maximum atomic E-state index is 11.8. The van der Waals surface area contributed by atoms with Crippen molar-refractivity contribution in [1.82, 2.24) is 4.90 Å². The van der Waals surface area contributed by atoms with Gasteiger partial charge in [-0.1, -0.05) is 37.3 Å². The number of halogens is 1. The van der Waals surface area contributed by atoms with E-state index in [-0.39, 0.29) is 18.3 Å². The first-order valence-electron chi connectivity index (χ1n) is 5.73. The van der Waals surface area contributed by atoms with Crippen molar-refractivity contribution >= 4 is 18.3 Å². The number of hydrogen-bond donors (Lipinski definition) is 1. The molecular formula is C13H21ClN2O. The second-order valence-corrected chi connectivity index (χ2v) is 4.03. The van der Waals surface area contributed by atoms with E-state index >= 15 is 0 Å². The highest BCUT2D eigenvalue weighted by atomic mass is 35.5. The van der Waals surface area contributed by atoms with Gasteiger partial charge in [-0.3, -0.25) is 4.79 Å². The third-order valence-electron chi connectivity index (χ3n) is 2.41. The van der Waals surface area contributed by atoms with Gasteiger partial charge in [0.2, 0.25) is 5.91 Å². The molecule has 0 fully saturated rings.